The van der Waals surface area contributed by atoms with Crippen molar-refractivity contribution in [3.63, 3.8) is 0 Å². The lowest BCUT2D eigenvalue weighted by atomic mass is 10.2. The summed E-state index contributed by atoms with van der Waals surface area (Å²) in [5.74, 6) is 1.91. The minimum Gasteiger partial charge on any atom is -0.368 e. The summed E-state index contributed by atoms with van der Waals surface area (Å²) in [7, 11) is 0. The predicted octanol–water partition coefficient (Wildman–Crippen LogP) is 1.64. The normalized spacial score (nSPS) is 14.5. The predicted molar refractivity (Wildman–Crippen MR) is 97.6 cm³/mol. The van der Waals surface area contributed by atoms with Gasteiger partial charge in [-0.1, -0.05) is 6.07 Å². The second kappa shape index (κ2) is 7.92. The Morgan fingerprint density at radius 3 is 2.68 bits per heavy atom. The highest BCUT2D eigenvalue weighted by Crippen LogP contribution is 2.13. The van der Waals surface area contributed by atoms with Gasteiger partial charge in [0, 0.05) is 51.5 Å². The van der Waals surface area contributed by atoms with Gasteiger partial charge in [0.2, 0.25) is 5.91 Å². The van der Waals surface area contributed by atoms with E-state index in [0.717, 1.165) is 49.2 Å². The molecule has 3 heterocycles. The second-order valence-corrected chi connectivity index (χ2v) is 6.18. The van der Waals surface area contributed by atoms with E-state index >= 15 is 0 Å². The molecule has 7 nitrogen and oxygen atoms in total. The topological polar surface area (TPSA) is 74.2 Å². The van der Waals surface area contributed by atoms with Crippen molar-refractivity contribution in [3.8, 4) is 0 Å². The van der Waals surface area contributed by atoms with Gasteiger partial charge in [-0.05, 0) is 26.0 Å². The van der Waals surface area contributed by atoms with Crippen LogP contribution < -0.4 is 10.2 Å². The third-order valence-corrected chi connectivity index (χ3v) is 4.31. The first-order chi connectivity index (χ1) is 12.1. The molecule has 1 N–H and O–H groups in total. The lowest BCUT2D eigenvalue weighted by molar-refractivity contribution is -0.131. The Hall–Kier alpha value is -2.70. The van der Waals surface area contributed by atoms with Crippen molar-refractivity contribution >= 4 is 17.5 Å². The molecule has 0 atom stereocenters. The molecule has 1 aliphatic heterocycles. The first-order valence-corrected chi connectivity index (χ1v) is 8.61. The first kappa shape index (κ1) is 17.1. The second-order valence-electron chi connectivity index (χ2n) is 6.18. The molecule has 0 saturated carbocycles. The number of anilines is 2. The lowest BCUT2D eigenvalue weighted by Crippen LogP contribution is -2.49. The summed E-state index contributed by atoms with van der Waals surface area (Å²) in [4.78, 5) is 29.6. The van der Waals surface area contributed by atoms with Gasteiger partial charge in [0.25, 0.3) is 0 Å². The lowest BCUT2D eigenvalue weighted by Gasteiger charge is -2.35. The fourth-order valence-electron chi connectivity index (χ4n) is 2.88. The Morgan fingerprint density at radius 2 is 1.96 bits per heavy atom. The van der Waals surface area contributed by atoms with Crippen molar-refractivity contribution in [2.45, 2.75) is 20.3 Å². The molecule has 0 radical (unpaired) electrons. The monoisotopic (exact) mass is 340 g/mol. The number of carbonyl (C=O) groups is 1. The van der Waals surface area contributed by atoms with Gasteiger partial charge < -0.3 is 15.1 Å². The minimum atomic E-state index is 0.173. The average molecular weight is 340 g/mol. The van der Waals surface area contributed by atoms with Gasteiger partial charge in [-0.2, -0.15) is 0 Å². The van der Waals surface area contributed by atoms with E-state index in [4.69, 9.17) is 0 Å². The molecule has 132 valence electrons. The number of nitrogens with one attached hydrogen (secondary N) is 1. The highest BCUT2D eigenvalue weighted by atomic mass is 16.2. The molecule has 3 rings (SSSR count). The average Bonchev–Trinajstić information content (AvgIpc) is 2.65. The summed E-state index contributed by atoms with van der Waals surface area (Å²) in [6, 6.07) is 5.91. The number of amides is 1. The van der Waals surface area contributed by atoms with Crippen LogP contribution in [0.2, 0.25) is 0 Å². The molecule has 7 heteroatoms. The summed E-state index contributed by atoms with van der Waals surface area (Å²) in [6.07, 6.45) is 4.00. The maximum Gasteiger partial charge on any atom is 0.224 e. The van der Waals surface area contributed by atoms with Crippen LogP contribution in [0.5, 0.6) is 0 Å². The molecule has 0 spiro atoms. The summed E-state index contributed by atoms with van der Waals surface area (Å²) >= 11 is 0. The fourth-order valence-corrected chi connectivity index (χ4v) is 2.88. The fraction of sp³-hybridized carbons (Fsp3) is 0.444. The molecule has 1 fully saturated rings. The van der Waals surface area contributed by atoms with Crippen molar-refractivity contribution < 1.29 is 4.79 Å². The van der Waals surface area contributed by atoms with Crippen molar-refractivity contribution in [1.29, 1.82) is 0 Å². The van der Waals surface area contributed by atoms with Crippen LogP contribution >= 0.6 is 0 Å². The molecule has 0 unspecified atom stereocenters. The van der Waals surface area contributed by atoms with E-state index < -0.39 is 0 Å². The van der Waals surface area contributed by atoms with E-state index in [2.05, 4.69) is 25.2 Å². The highest BCUT2D eigenvalue weighted by molar-refractivity contribution is 5.77. The van der Waals surface area contributed by atoms with Gasteiger partial charge in [0.1, 0.15) is 11.6 Å². The van der Waals surface area contributed by atoms with E-state index in [9.17, 15) is 4.79 Å². The maximum atomic E-state index is 12.4. The minimum absolute atomic E-state index is 0.173. The van der Waals surface area contributed by atoms with Crippen LogP contribution in [0.3, 0.4) is 0 Å². The van der Waals surface area contributed by atoms with E-state index in [-0.39, 0.29) is 5.91 Å². The Bertz CT molecular complexity index is 713. The molecule has 0 aromatic carbocycles. The van der Waals surface area contributed by atoms with Gasteiger partial charge in [-0.3, -0.25) is 9.78 Å². The summed E-state index contributed by atoms with van der Waals surface area (Å²) < 4.78 is 0. The number of rotatable bonds is 5. The largest absolute Gasteiger partial charge is 0.368 e. The zero-order valence-electron chi connectivity index (χ0n) is 14.8. The van der Waals surface area contributed by atoms with Crippen molar-refractivity contribution in [2.75, 3.05) is 42.9 Å². The van der Waals surface area contributed by atoms with Crippen molar-refractivity contribution in [2.24, 2.45) is 0 Å². The van der Waals surface area contributed by atoms with Gasteiger partial charge in [0.15, 0.2) is 0 Å². The van der Waals surface area contributed by atoms with Crippen LogP contribution in [0.4, 0.5) is 11.6 Å². The number of piperazine rings is 1. The van der Waals surface area contributed by atoms with E-state index in [0.29, 0.717) is 13.0 Å². The zero-order chi connectivity index (χ0) is 17.6. The highest BCUT2D eigenvalue weighted by Gasteiger charge is 2.21. The molecular weight excluding hydrogens is 316 g/mol. The maximum absolute atomic E-state index is 12.4. The number of hydrogen-bond donors (Lipinski definition) is 1. The first-order valence-electron chi connectivity index (χ1n) is 8.61. The summed E-state index contributed by atoms with van der Waals surface area (Å²) in [5.41, 5.74) is 1.71. The summed E-state index contributed by atoms with van der Waals surface area (Å²) in [5, 5.41) is 3.22. The smallest absolute Gasteiger partial charge is 0.224 e. The number of carbonyl (C=O) groups excluding carboxylic acids is 1. The number of nitrogens with zero attached hydrogens (tertiary/aromatic N) is 5. The molecule has 1 saturated heterocycles. The Balaban J connectivity index is 1.44. The number of aryl methyl sites for hydroxylation is 2. The van der Waals surface area contributed by atoms with Crippen LogP contribution in [0.1, 0.15) is 17.8 Å². The van der Waals surface area contributed by atoms with Crippen LogP contribution in [0.15, 0.2) is 30.6 Å². The number of pyridine rings is 1. The van der Waals surface area contributed by atoms with E-state index in [1.54, 1.807) is 12.4 Å². The van der Waals surface area contributed by atoms with Crippen LogP contribution in [0, 0.1) is 13.8 Å². The van der Waals surface area contributed by atoms with Gasteiger partial charge in [-0.15, -0.1) is 0 Å². The van der Waals surface area contributed by atoms with Crippen LogP contribution in [0.25, 0.3) is 0 Å². The van der Waals surface area contributed by atoms with Crippen LogP contribution in [-0.4, -0.2) is 58.5 Å². The van der Waals surface area contributed by atoms with Gasteiger partial charge >= 0.3 is 0 Å². The van der Waals surface area contributed by atoms with Gasteiger partial charge in [-0.25, -0.2) is 9.97 Å². The Morgan fingerprint density at radius 1 is 1.16 bits per heavy atom. The number of hydrogen-bond acceptors (Lipinski definition) is 6. The third kappa shape index (κ3) is 4.43. The standard InChI is InChI=1S/C18H24N6O/c1-14-13-21-15(2)18(22-14)20-8-6-17(25)24-11-9-23(10-12-24)16-5-3-4-7-19-16/h3-5,7,13H,6,8-12H2,1-2H3,(H,20,22). The molecule has 2 aromatic heterocycles. The molecular formula is C18H24N6O. The van der Waals surface area contributed by atoms with Gasteiger partial charge in [0.05, 0.1) is 11.4 Å². The Labute approximate surface area is 148 Å². The molecule has 0 aliphatic carbocycles. The molecule has 0 bridgehead atoms. The Kier molecular flexibility index (Phi) is 5.42. The zero-order valence-corrected chi connectivity index (χ0v) is 14.8. The SMILES string of the molecule is Cc1cnc(C)c(NCCC(=O)N2CCN(c3ccccn3)CC2)n1. The van der Waals surface area contributed by atoms with Crippen LogP contribution in [-0.2, 0) is 4.79 Å². The molecule has 1 amide bonds. The molecule has 2 aromatic rings. The van der Waals surface area contributed by atoms with Crippen molar-refractivity contribution in [3.05, 3.63) is 42.0 Å². The third-order valence-electron chi connectivity index (χ3n) is 4.31. The van der Waals surface area contributed by atoms with E-state index in [1.807, 2.05) is 36.9 Å². The number of aromatic nitrogens is 3. The van der Waals surface area contributed by atoms with E-state index in [1.165, 1.54) is 0 Å². The quantitative estimate of drug-likeness (QED) is 0.892. The molecule has 25 heavy (non-hydrogen) atoms. The summed E-state index contributed by atoms with van der Waals surface area (Å²) in [6.45, 7) is 7.49. The van der Waals surface area contributed by atoms with Crippen molar-refractivity contribution in [1.82, 2.24) is 19.9 Å². The molecule has 1 aliphatic rings.